The first kappa shape index (κ1) is 17.1. The van der Waals surface area contributed by atoms with Crippen molar-refractivity contribution in [2.75, 3.05) is 0 Å². The van der Waals surface area contributed by atoms with Crippen molar-refractivity contribution >= 4 is 5.91 Å². The molecule has 0 aliphatic rings. The molecule has 0 spiro atoms. The van der Waals surface area contributed by atoms with Crippen LogP contribution in [0.2, 0.25) is 0 Å². The Morgan fingerprint density at radius 2 is 1.52 bits per heavy atom. The first-order chi connectivity index (χ1) is 10.5. The molecule has 0 heterocycles. The number of amides is 1. The fourth-order valence-electron chi connectivity index (χ4n) is 2.64. The van der Waals surface area contributed by atoms with Crippen molar-refractivity contribution in [3.8, 4) is 11.1 Å². The van der Waals surface area contributed by atoms with E-state index in [0.717, 1.165) is 17.7 Å². The highest BCUT2D eigenvalue weighted by Crippen LogP contribution is 2.37. The van der Waals surface area contributed by atoms with E-state index in [1.807, 2.05) is 20.8 Å². The van der Waals surface area contributed by atoms with Crippen molar-refractivity contribution in [3.63, 3.8) is 0 Å². The van der Waals surface area contributed by atoms with E-state index in [2.05, 4.69) is 0 Å². The van der Waals surface area contributed by atoms with Crippen LogP contribution < -0.4 is 5.73 Å². The Morgan fingerprint density at radius 1 is 0.957 bits per heavy atom. The van der Waals surface area contributed by atoms with Crippen molar-refractivity contribution in [1.29, 1.82) is 0 Å². The van der Waals surface area contributed by atoms with E-state index >= 15 is 0 Å². The monoisotopic (exact) mass is 321 g/mol. The quantitative estimate of drug-likeness (QED) is 0.851. The van der Waals surface area contributed by atoms with Crippen LogP contribution in [0.15, 0.2) is 42.5 Å². The predicted octanol–water partition coefficient (Wildman–Crippen LogP) is 4.77. The van der Waals surface area contributed by atoms with Crippen LogP contribution in [0, 0.1) is 0 Å². The van der Waals surface area contributed by atoms with Gasteiger partial charge in [0.1, 0.15) is 0 Å². The number of nitrogens with two attached hydrogens (primary N) is 1. The largest absolute Gasteiger partial charge is 0.416 e. The van der Waals surface area contributed by atoms with Gasteiger partial charge >= 0.3 is 6.18 Å². The van der Waals surface area contributed by atoms with E-state index < -0.39 is 17.6 Å². The average molecular weight is 321 g/mol. The van der Waals surface area contributed by atoms with Gasteiger partial charge < -0.3 is 5.73 Å². The van der Waals surface area contributed by atoms with E-state index in [1.54, 1.807) is 18.2 Å². The number of hydrogen-bond acceptors (Lipinski definition) is 1. The van der Waals surface area contributed by atoms with Crippen molar-refractivity contribution in [2.45, 2.75) is 32.4 Å². The fraction of sp³-hybridized carbons (Fsp3) is 0.278. The predicted molar refractivity (Wildman–Crippen MR) is 84.1 cm³/mol. The first-order valence-corrected chi connectivity index (χ1v) is 7.13. The number of benzene rings is 2. The zero-order chi connectivity index (χ0) is 17.4. The zero-order valence-corrected chi connectivity index (χ0v) is 13.2. The Kier molecular flexibility index (Phi) is 4.24. The highest BCUT2D eigenvalue weighted by molar-refractivity contribution is 5.97. The second kappa shape index (κ2) is 5.72. The van der Waals surface area contributed by atoms with E-state index in [4.69, 9.17) is 5.73 Å². The van der Waals surface area contributed by atoms with Crippen molar-refractivity contribution in [3.05, 3.63) is 59.2 Å². The summed E-state index contributed by atoms with van der Waals surface area (Å²) in [5.41, 5.74) is 6.80. The number of halogens is 3. The summed E-state index contributed by atoms with van der Waals surface area (Å²) in [5, 5.41) is 0. The standard InChI is InChI=1S/C18H18F3NO/c1-17(2,3)15-13(5-4-6-14(15)16(22)23)11-7-9-12(10-8-11)18(19,20)21/h4-10H,1-3H3,(H2,22,23). The van der Waals surface area contributed by atoms with Gasteiger partial charge in [-0.15, -0.1) is 0 Å². The maximum absolute atomic E-state index is 12.7. The fourth-order valence-corrected chi connectivity index (χ4v) is 2.64. The molecule has 0 radical (unpaired) electrons. The van der Waals surface area contributed by atoms with Crippen LogP contribution in [0.25, 0.3) is 11.1 Å². The zero-order valence-electron chi connectivity index (χ0n) is 13.2. The number of hydrogen-bond donors (Lipinski definition) is 1. The summed E-state index contributed by atoms with van der Waals surface area (Å²) in [6.07, 6.45) is -4.37. The lowest BCUT2D eigenvalue weighted by Crippen LogP contribution is -2.22. The summed E-state index contributed by atoms with van der Waals surface area (Å²) in [7, 11) is 0. The number of carbonyl (C=O) groups excluding carboxylic acids is 1. The summed E-state index contributed by atoms with van der Waals surface area (Å²) < 4.78 is 38.1. The van der Waals surface area contributed by atoms with E-state index in [1.165, 1.54) is 12.1 Å². The van der Waals surface area contributed by atoms with Crippen molar-refractivity contribution in [2.24, 2.45) is 5.73 Å². The minimum atomic E-state index is -4.37. The van der Waals surface area contributed by atoms with Gasteiger partial charge in [0.25, 0.3) is 0 Å². The van der Waals surface area contributed by atoms with Crippen LogP contribution in [0.3, 0.4) is 0 Å². The molecule has 2 rings (SSSR count). The van der Waals surface area contributed by atoms with Crippen LogP contribution >= 0.6 is 0 Å². The van der Waals surface area contributed by atoms with Crippen LogP contribution in [0.4, 0.5) is 13.2 Å². The minimum absolute atomic E-state index is 0.384. The molecule has 5 heteroatoms. The first-order valence-electron chi connectivity index (χ1n) is 7.13. The second-order valence-electron chi connectivity index (χ2n) is 6.42. The molecule has 0 aliphatic carbocycles. The normalized spacial score (nSPS) is 12.3. The summed E-state index contributed by atoms with van der Waals surface area (Å²) >= 11 is 0. The molecule has 0 atom stereocenters. The second-order valence-corrected chi connectivity index (χ2v) is 6.42. The van der Waals surface area contributed by atoms with Gasteiger partial charge in [-0.05, 0) is 40.3 Å². The van der Waals surface area contributed by atoms with Crippen LogP contribution in [-0.4, -0.2) is 5.91 Å². The summed E-state index contributed by atoms with van der Waals surface area (Å²) in [4.78, 5) is 11.7. The number of carbonyl (C=O) groups is 1. The molecule has 23 heavy (non-hydrogen) atoms. The van der Waals surface area contributed by atoms with Gasteiger partial charge in [0.2, 0.25) is 5.91 Å². The van der Waals surface area contributed by atoms with Gasteiger partial charge in [-0.25, -0.2) is 0 Å². The van der Waals surface area contributed by atoms with E-state index in [0.29, 0.717) is 16.7 Å². The van der Waals surface area contributed by atoms with E-state index in [9.17, 15) is 18.0 Å². The lowest BCUT2D eigenvalue weighted by molar-refractivity contribution is -0.137. The van der Waals surface area contributed by atoms with Gasteiger partial charge in [0.15, 0.2) is 0 Å². The lowest BCUT2D eigenvalue weighted by atomic mass is 9.78. The molecule has 0 saturated carbocycles. The third-order valence-corrected chi connectivity index (χ3v) is 3.60. The van der Waals surface area contributed by atoms with Crippen molar-refractivity contribution < 1.29 is 18.0 Å². The third-order valence-electron chi connectivity index (χ3n) is 3.60. The maximum atomic E-state index is 12.7. The number of alkyl halides is 3. The molecule has 2 aromatic rings. The molecule has 1 amide bonds. The molecule has 0 aliphatic heterocycles. The van der Waals surface area contributed by atoms with Crippen molar-refractivity contribution in [1.82, 2.24) is 0 Å². The van der Waals surface area contributed by atoms with Gasteiger partial charge in [0.05, 0.1) is 5.56 Å². The van der Waals surface area contributed by atoms with Gasteiger partial charge in [0, 0.05) is 5.56 Å². The van der Waals surface area contributed by atoms with Crippen LogP contribution in [0.1, 0.15) is 42.3 Å². The molecule has 0 fully saturated rings. The Balaban J connectivity index is 2.64. The highest BCUT2D eigenvalue weighted by Gasteiger charge is 2.30. The summed E-state index contributed by atoms with van der Waals surface area (Å²) in [5.74, 6) is -0.552. The molecular weight excluding hydrogens is 303 g/mol. The smallest absolute Gasteiger partial charge is 0.366 e. The third kappa shape index (κ3) is 3.55. The molecule has 2 nitrogen and oxygen atoms in total. The molecule has 0 unspecified atom stereocenters. The van der Waals surface area contributed by atoms with Gasteiger partial charge in [-0.2, -0.15) is 13.2 Å². The molecular formula is C18H18F3NO. The molecule has 122 valence electrons. The molecule has 0 aromatic heterocycles. The Morgan fingerprint density at radius 3 is 1.96 bits per heavy atom. The Hall–Kier alpha value is -2.30. The van der Waals surface area contributed by atoms with Gasteiger partial charge in [-0.1, -0.05) is 45.0 Å². The number of rotatable bonds is 2. The Labute approximate surface area is 133 Å². The van der Waals surface area contributed by atoms with Crippen LogP contribution in [0.5, 0.6) is 0 Å². The molecule has 2 aromatic carbocycles. The minimum Gasteiger partial charge on any atom is -0.366 e. The molecule has 0 saturated heterocycles. The van der Waals surface area contributed by atoms with E-state index in [-0.39, 0.29) is 5.41 Å². The maximum Gasteiger partial charge on any atom is 0.416 e. The Bertz CT molecular complexity index is 725. The number of primary amides is 1. The molecule has 2 N–H and O–H groups in total. The highest BCUT2D eigenvalue weighted by atomic mass is 19.4. The summed E-state index contributed by atoms with van der Waals surface area (Å²) in [6.45, 7) is 5.80. The average Bonchev–Trinajstić information content (AvgIpc) is 2.44. The summed E-state index contributed by atoms with van der Waals surface area (Å²) in [6, 6.07) is 10.0. The molecule has 0 bridgehead atoms. The van der Waals surface area contributed by atoms with Gasteiger partial charge in [-0.3, -0.25) is 4.79 Å². The lowest BCUT2D eigenvalue weighted by Gasteiger charge is -2.25. The van der Waals surface area contributed by atoms with Crippen LogP contribution in [-0.2, 0) is 11.6 Å². The topological polar surface area (TPSA) is 43.1 Å². The SMILES string of the molecule is CC(C)(C)c1c(C(N)=O)cccc1-c1ccc(C(F)(F)F)cc1.